The molecule has 18 heteroatoms. The van der Waals surface area contributed by atoms with Crippen molar-refractivity contribution in [1.29, 1.82) is 0 Å². The molecule has 0 fully saturated rings. The summed E-state index contributed by atoms with van der Waals surface area (Å²) in [4.78, 5) is 97.7. The van der Waals surface area contributed by atoms with Gasteiger partial charge in [0.05, 0.1) is 70.9 Å². The van der Waals surface area contributed by atoms with Crippen LogP contribution in [0.2, 0.25) is 0 Å². The molecule has 0 atom stereocenters. The molecule has 4 rings (SSSR count). The lowest BCUT2D eigenvalue weighted by molar-refractivity contribution is 0.0483. The number of halogens is 2. The van der Waals surface area contributed by atoms with Crippen LogP contribution in [0.3, 0.4) is 0 Å². The standard InChI is InChI=1S/2C26H30O8.2ClH/c2*1-5-7-9-33-25(31)21-13-17(15(3)11-19(21)23(27)28)18-14-22(26(32)34-10-8-6-2)20(24(29)30)12-16(18)4;;/h2*11-14H,5-10H2,1-4H3,(H,27,28)(H,29,30);2*1H. The zero-order valence-electron chi connectivity index (χ0n) is 40.6. The number of hydrogen-bond acceptors (Lipinski definition) is 12. The number of benzene rings is 4. The van der Waals surface area contributed by atoms with Crippen LogP contribution in [-0.2, 0) is 18.9 Å². The van der Waals surface area contributed by atoms with Crippen LogP contribution in [-0.4, -0.2) is 94.6 Å². The number of carboxylic acids is 4. The Morgan fingerprint density at radius 1 is 0.329 bits per heavy atom. The first-order valence-electron chi connectivity index (χ1n) is 22.4. The lowest BCUT2D eigenvalue weighted by Gasteiger charge is -2.16. The van der Waals surface area contributed by atoms with Crippen LogP contribution in [0.25, 0.3) is 22.3 Å². The molecule has 380 valence electrons. The van der Waals surface area contributed by atoms with E-state index in [2.05, 4.69) is 0 Å². The Labute approximate surface area is 419 Å². The van der Waals surface area contributed by atoms with Crippen LogP contribution in [0.4, 0.5) is 0 Å². The summed E-state index contributed by atoms with van der Waals surface area (Å²) >= 11 is 0. The molecular formula is C52H62Cl2O16. The average molecular weight is 1010 g/mol. The normalized spacial score (nSPS) is 10.3. The smallest absolute Gasteiger partial charge is 0.339 e. The summed E-state index contributed by atoms with van der Waals surface area (Å²) in [7, 11) is 0. The third kappa shape index (κ3) is 16.2. The molecule has 0 unspecified atom stereocenters. The van der Waals surface area contributed by atoms with E-state index in [1.165, 1.54) is 48.5 Å². The van der Waals surface area contributed by atoms with Crippen LogP contribution >= 0.6 is 24.8 Å². The Bertz CT molecular complexity index is 2210. The number of rotatable bonds is 22. The summed E-state index contributed by atoms with van der Waals surface area (Å²) in [6.07, 6.45) is 5.82. The van der Waals surface area contributed by atoms with E-state index >= 15 is 0 Å². The molecule has 0 aliphatic heterocycles. The molecule has 0 aliphatic rings. The predicted octanol–water partition coefficient (Wildman–Crippen LogP) is 11.4. The zero-order valence-corrected chi connectivity index (χ0v) is 42.2. The van der Waals surface area contributed by atoms with Gasteiger partial charge in [-0.3, -0.25) is 0 Å². The van der Waals surface area contributed by atoms with Crippen molar-refractivity contribution < 1.29 is 77.7 Å². The quantitative estimate of drug-likeness (QED) is 0.0324. The number of unbranched alkanes of at least 4 members (excludes halogenated alkanes) is 4. The van der Waals surface area contributed by atoms with Gasteiger partial charge in [-0.05, 0) is 146 Å². The third-order valence-electron chi connectivity index (χ3n) is 10.8. The molecule has 0 aliphatic carbocycles. The molecule has 16 nitrogen and oxygen atoms in total. The van der Waals surface area contributed by atoms with E-state index < -0.39 is 47.8 Å². The van der Waals surface area contributed by atoms with Gasteiger partial charge in [0.2, 0.25) is 0 Å². The van der Waals surface area contributed by atoms with E-state index in [1.807, 2.05) is 27.7 Å². The van der Waals surface area contributed by atoms with Gasteiger partial charge in [0, 0.05) is 0 Å². The Morgan fingerprint density at radius 2 is 0.500 bits per heavy atom. The van der Waals surface area contributed by atoms with Gasteiger partial charge < -0.3 is 39.4 Å². The molecule has 70 heavy (non-hydrogen) atoms. The molecule has 4 aromatic carbocycles. The lowest BCUT2D eigenvalue weighted by atomic mass is 9.89. The first-order valence-corrected chi connectivity index (χ1v) is 22.4. The summed E-state index contributed by atoms with van der Waals surface area (Å²) in [6, 6.07) is 11.2. The minimum absolute atomic E-state index is 0. The van der Waals surface area contributed by atoms with Gasteiger partial charge in [-0.15, -0.1) is 24.8 Å². The second kappa shape index (κ2) is 29.3. The molecule has 0 amide bonds. The molecule has 4 aromatic rings. The lowest BCUT2D eigenvalue weighted by Crippen LogP contribution is -2.15. The van der Waals surface area contributed by atoms with E-state index in [9.17, 15) is 58.8 Å². The van der Waals surface area contributed by atoms with Gasteiger partial charge in [-0.1, -0.05) is 53.4 Å². The van der Waals surface area contributed by atoms with Gasteiger partial charge in [-0.25, -0.2) is 38.4 Å². The van der Waals surface area contributed by atoms with Crippen molar-refractivity contribution in [2.75, 3.05) is 26.4 Å². The van der Waals surface area contributed by atoms with Crippen LogP contribution in [0.5, 0.6) is 0 Å². The fraction of sp³-hybridized carbons (Fsp3) is 0.385. The maximum atomic E-state index is 12.7. The largest absolute Gasteiger partial charge is 0.478 e. The van der Waals surface area contributed by atoms with Crippen LogP contribution < -0.4 is 0 Å². The molecule has 0 spiro atoms. The van der Waals surface area contributed by atoms with Crippen molar-refractivity contribution in [3.8, 4) is 22.3 Å². The minimum atomic E-state index is -1.27. The summed E-state index contributed by atoms with van der Waals surface area (Å²) < 4.78 is 20.9. The number of esters is 4. The summed E-state index contributed by atoms with van der Waals surface area (Å²) in [5.74, 6) is -8.11. The van der Waals surface area contributed by atoms with Crippen LogP contribution in [0.15, 0.2) is 48.5 Å². The maximum absolute atomic E-state index is 12.7. The van der Waals surface area contributed by atoms with Gasteiger partial charge in [0.1, 0.15) is 0 Å². The number of ether oxygens (including phenoxy) is 4. The van der Waals surface area contributed by atoms with E-state index in [-0.39, 0.29) is 95.7 Å². The molecule has 0 saturated heterocycles. The van der Waals surface area contributed by atoms with E-state index in [4.69, 9.17) is 18.9 Å². The highest BCUT2D eigenvalue weighted by Gasteiger charge is 2.27. The Kier molecular flexibility index (Phi) is 25.6. The third-order valence-corrected chi connectivity index (χ3v) is 10.8. The molecule has 4 N–H and O–H groups in total. The Hall–Kier alpha value is -6.78. The van der Waals surface area contributed by atoms with E-state index in [0.29, 0.717) is 70.2 Å². The number of aromatic carboxylic acids is 4. The maximum Gasteiger partial charge on any atom is 0.339 e. The Morgan fingerprint density at radius 3 is 0.643 bits per heavy atom. The highest BCUT2D eigenvalue weighted by molar-refractivity contribution is 6.07. The van der Waals surface area contributed by atoms with Gasteiger partial charge in [-0.2, -0.15) is 0 Å². The monoisotopic (exact) mass is 1010 g/mol. The van der Waals surface area contributed by atoms with Gasteiger partial charge in [0.25, 0.3) is 0 Å². The second-order valence-corrected chi connectivity index (χ2v) is 16.0. The zero-order chi connectivity index (χ0) is 50.8. The van der Waals surface area contributed by atoms with Crippen LogP contribution in [0.1, 0.15) is 184 Å². The topological polar surface area (TPSA) is 254 Å². The fourth-order valence-electron chi connectivity index (χ4n) is 6.92. The SMILES string of the molecule is CCCCOC(=O)c1cc(-c2cc(C(=O)OCCCC)c(C(=O)O)cc2C)c(C)cc1C(=O)O.CCCCOC(=O)c1cc(-c2cc(C(=O)OCCCC)c(C(=O)O)cc2C)c(C)cc1C(=O)O.Cl.Cl. The van der Waals surface area contributed by atoms with Crippen molar-refractivity contribution in [2.24, 2.45) is 0 Å². The van der Waals surface area contributed by atoms with Crippen molar-refractivity contribution in [3.63, 3.8) is 0 Å². The van der Waals surface area contributed by atoms with Crippen molar-refractivity contribution in [2.45, 2.75) is 107 Å². The fourth-order valence-corrected chi connectivity index (χ4v) is 6.92. The predicted molar refractivity (Wildman–Crippen MR) is 266 cm³/mol. The highest BCUT2D eigenvalue weighted by atomic mass is 35.5. The van der Waals surface area contributed by atoms with Crippen molar-refractivity contribution >= 4 is 72.6 Å². The molecule has 0 bridgehead atoms. The minimum Gasteiger partial charge on any atom is -0.478 e. The molecular weight excluding hydrogens is 951 g/mol. The van der Waals surface area contributed by atoms with Crippen LogP contribution in [0, 0.1) is 27.7 Å². The number of aryl methyl sites for hydroxylation is 4. The molecule has 0 saturated carbocycles. The van der Waals surface area contributed by atoms with Crippen molar-refractivity contribution in [3.05, 3.63) is 115 Å². The number of carboxylic acid groups (broad SMARTS) is 4. The number of carbonyl (C=O) groups excluding carboxylic acids is 4. The highest BCUT2D eigenvalue weighted by Crippen LogP contribution is 2.34. The second-order valence-electron chi connectivity index (χ2n) is 16.0. The Balaban J connectivity index is 0.000000681. The molecule has 0 aromatic heterocycles. The summed E-state index contributed by atoms with van der Waals surface area (Å²) in [5, 5.41) is 38.4. The summed E-state index contributed by atoms with van der Waals surface area (Å²) in [5.41, 5.74) is 2.90. The first-order chi connectivity index (χ1) is 32.2. The number of hydrogen-bond donors (Lipinski definition) is 4. The first kappa shape index (κ1) is 61.2. The van der Waals surface area contributed by atoms with Crippen molar-refractivity contribution in [1.82, 2.24) is 0 Å². The molecule has 0 radical (unpaired) electrons. The average Bonchev–Trinajstić information content (AvgIpc) is 3.29. The van der Waals surface area contributed by atoms with Gasteiger partial charge >= 0.3 is 47.8 Å². The molecule has 0 heterocycles. The van der Waals surface area contributed by atoms with E-state index in [1.54, 1.807) is 27.7 Å². The van der Waals surface area contributed by atoms with E-state index in [0.717, 1.165) is 25.7 Å². The summed E-state index contributed by atoms with van der Waals surface area (Å²) in [6.45, 7) is 15.1. The number of carbonyl (C=O) groups is 8. The van der Waals surface area contributed by atoms with Gasteiger partial charge in [0.15, 0.2) is 0 Å².